The van der Waals surface area contributed by atoms with E-state index >= 15 is 0 Å². The molecule has 0 radical (unpaired) electrons. The first-order chi connectivity index (χ1) is 8.75. The molecule has 2 rings (SSSR count). The van der Waals surface area contributed by atoms with Crippen LogP contribution in [0.5, 0.6) is 5.75 Å². The van der Waals surface area contributed by atoms with Crippen LogP contribution in [0, 0.1) is 0 Å². The van der Waals surface area contributed by atoms with Gasteiger partial charge >= 0.3 is 0 Å². The van der Waals surface area contributed by atoms with Crippen molar-refractivity contribution in [3.8, 4) is 5.75 Å². The van der Waals surface area contributed by atoms with Crippen molar-refractivity contribution in [2.75, 3.05) is 5.32 Å². The standard InChI is InChI=1S/C14H14N2O2/c17-13-4-2-1-3-12(13)16-14(18)6-5-11-7-9-15-10-8-11/h1-4,7-10,17H,5-6H2,(H,16,18). The summed E-state index contributed by atoms with van der Waals surface area (Å²) < 4.78 is 0. The fraction of sp³-hybridized carbons (Fsp3) is 0.143. The van der Waals surface area contributed by atoms with E-state index in [1.54, 1.807) is 36.7 Å². The molecule has 4 heteroatoms. The van der Waals surface area contributed by atoms with Crippen LogP contribution in [-0.4, -0.2) is 16.0 Å². The molecule has 0 aliphatic rings. The first kappa shape index (κ1) is 12.1. The third-order valence-corrected chi connectivity index (χ3v) is 2.57. The number of hydrogen-bond acceptors (Lipinski definition) is 3. The van der Waals surface area contributed by atoms with Crippen LogP contribution in [0.3, 0.4) is 0 Å². The van der Waals surface area contributed by atoms with E-state index < -0.39 is 0 Å². The number of aromatic hydroxyl groups is 1. The molecule has 1 aromatic carbocycles. The van der Waals surface area contributed by atoms with Crippen molar-refractivity contribution in [2.45, 2.75) is 12.8 Å². The molecule has 1 amide bonds. The quantitative estimate of drug-likeness (QED) is 0.809. The normalized spacial score (nSPS) is 10.0. The zero-order valence-corrected chi connectivity index (χ0v) is 9.84. The van der Waals surface area contributed by atoms with Gasteiger partial charge < -0.3 is 10.4 Å². The number of anilines is 1. The molecule has 2 N–H and O–H groups in total. The van der Waals surface area contributed by atoms with Gasteiger partial charge in [-0.1, -0.05) is 12.1 Å². The SMILES string of the molecule is O=C(CCc1ccncc1)Nc1ccccc1O. The molecule has 1 aromatic heterocycles. The van der Waals surface area contributed by atoms with E-state index in [0.717, 1.165) is 5.56 Å². The second-order valence-corrected chi connectivity index (χ2v) is 3.92. The molecule has 0 atom stereocenters. The van der Waals surface area contributed by atoms with Crippen LogP contribution >= 0.6 is 0 Å². The summed E-state index contributed by atoms with van der Waals surface area (Å²) in [5.41, 5.74) is 1.51. The third-order valence-electron chi connectivity index (χ3n) is 2.57. The molecule has 1 heterocycles. The summed E-state index contributed by atoms with van der Waals surface area (Å²) in [6.07, 6.45) is 4.44. The molecule has 0 saturated heterocycles. The Morgan fingerprint density at radius 2 is 1.89 bits per heavy atom. The van der Waals surface area contributed by atoms with Gasteiger partial charge in [0.05, 0.1) is 5.69 Å². The lowest BCUT2D eigenvalue weighted by Gasteiger charge is -2.06. The monoisotopic (exact) mass is 242 g/mol. The number of amides is 1. The van der Waals surface area contributed by atoms with Crippen LogP contribution in [0.4, 0.5) is 5.69 Å². The minimum Gasteiger partial charge on any atom is -0.506 e. The lowest BCUT2D eigenvalue weighted by molar-refractivity contribution is -0.116. The zero-order chi connectivity index (χ0) is 12.8. The number of aromatic nitrogens is 1. The Bertz CT molecular complexity index is 526. The van der Waals surface area contributed by atoms with Crippen molar-refractivity contribution in [2.24, 2.45) is 0 Å². The van der Waals surface area contributed by atoms with E-state index in [1.807, 2.05) is 12.1 Å². The summed E-state index contributed by atoms with van der Waals surface area (Å²) in [5.74, 6) is -0.0388. The molecule has 92 valence electrons. The average molecular weight is 242 g/mol. The van der Waals surface area contributed by atoms with Crippen LogP contribution in [0.15, 0.2) is 48.8 Å². The van der Waals surface area contributed by atoms with E-state index in [4.69, 9.17) is 0 Å². The highest BCUT2D eigenvalue weighted by Gasteiger charge is 2.05. The maximum atomic E-state index is 11.7. The molecule has 4 nitrogen and oxygen atoms in total. The second kappa shape index (κ2) is 5.82. The number of pyridine rings is 1. The number of aryl methyl sites for hydroxylation is 1. The van der Waals surface area contributed by atoms with E-state index in [2.05, 4.69) is 10.3 Å². The van der Waals surface area contributed by atoms with Gasteiger partial charge in [0, 0.05) is 18.8 Å². The summed E-state index contributed by atoms with van der Waals surface area (Å²) in [4.78, 5) is 15.6. The molecule has 0 unspecified atom stereocenters. The summed E-state index contributed by atoms with van der Waals surface area (Å²) in [6.45, 7) is 0. The van der Waals surface area contributed by atoms with Gasteiger partial charge in [0.2, 0.25) is 5.91 Å². The number of carbonyl (C=O) groups is 1. The van der Waals surface area contributed by atoms with Crippen LogP contribution in [-0.2, 0) is 11.2 Å². The lowest BCUT2D eigenvalue weighted by atomic mass is 10.1. The van der Waals surface area contributed by atoms with Gasteiger partial charge in [-0.3, -0.25) is 9.78 Å². The molecule has 0 saturated carbocycles. The maximum absolute atomic E-state index is 11.7. The second-order valence-electron chi connectivity index (χ2n) is 3.92. The minimum atomic E-state index is -0.117. The zero-order valence-electron chi connectivity index (χ0n) is 9.84. The van der Waals surface area contributed by atoms with Gasteiger partial charge in [0.15, 0.2) is 0 Å². The Kier molecular flexibility index (Phi) is 3.91. The van der Waals surface area contributed by atoms with E-state index in [9.17, 15) is 9.90 Å². The molecular weight excluding hydrogens is 228 g/mol. The van der Waals surface area contributed by atoms with Gasteiger partial charge in [-0.2, -0.15) is 0 Å². The van der Waals surface area contributed by atoms with Crippen molar-refractivity contribution in [1.29, 1.82) is 0 Å². The smallest absolute Gasteiger partial charge is 0.224 e. The van der Waals surface area contributed by atoms with Crippen LogP contribution < -0.4 is 5.32 Å². The number of hydrogen-bond donors (Lipinski definition) is 2. The highest BCUT2D eigenvalue weighted by atomic mass is 16.3. The largest absolute Gasteiger partial charge is 0.506 e. The Hall–Kier alpha value is -2.36. The number of phenols is 1. The Morgan fingerprint density at radius 1 is 1.17 bits per heavy atom. The number of nitrogens with one attached hydrogen (secondary N) is 1. The Balaban J connectivity index is 1.88. The van der Waals surface area contributed by atoms with Crippen molar-refractivity contribution in [1.82, 2.24) is 4.98 Å². The van der Waals surface area contributed by atoms with Gasteiger partial charge in [-0.25, -0.2) is 0 Å². The fourth-order valence-electron chi connectivity index (χ4n) is 1.60. The first-order valence-electron chi connectivity index (χ1n) is 5.72. The van der Waals surface area contributed by atoms with Crippen molar-refractivity contribution < 1.29 is 9.90 Å². The van der Waals surface area contributed by atoms with Crippen molar-refractivity contribution in [3.63, 3.8) is 0 Å². The number of nitrogens with zero attached hydrogens (tertiary/aromatic N) is 1. The highest BCUT2D eigenvalue weighted by Crippen LogP contribution is 2.21. The number of rotatable bonds is 4. The maximum Gasteiger partial charge on any atom is 0.224 e. The third kappa shape index (κ3) is 3.31. The predicted molar refractivity (Wildman–Crippen MR) is 69.3 cm³/mol. The molecule has 18 heavy (non-hydrogen) atoms. The average Bonchev–Trinajstić information content (AvgIpc) is 2.40. The highest BCUT2D eigenvalue weighted by molar-refractivity contribution is 5.92. The van der Waals surface area contributed by atoms with E-state index in [-0.39, 0.29) is 11.7 Å². The van der Waals surface area contributed by atoms with E-state index in [1.165, 1.54) is 0 Å². The van der Waals surface area contributed by atoms with Crippen LogP contribution in [0.1, 0.15) is 12.0 Å². The van der Waals surface area contributed by atoms with Crippen molar-refractivity contribution in [3.05, 3.63) is 54.4 Å². The van der Waals surface area contributed by atoms with Gasteiger partial charge in [0.25, 0.3) is 0 Å². The van der Waals surface area contributed by atoms with Crippen LogP contribution in [0.25, 0.3) is 0 Å². The molecule has 0 aliphatic heterocycles. The van der Waals surface area contributed by atoms with Crippen LogP contribution in [0.2, 0.25) is 0 Å². The van der Waals surface area contributed by atoms with Gasteiger partial charge in [0.1, 0.15) is 5.75 Å². The Labute approximate surface area is 105 Å². The number of para-hydroxylation sites is 2. The Morgan fingerprint density at radius 3 is 2.61 bits per heavy atom. The molecular formula is C14H14N2O2. The van der Waals surface area contributed by atoms with Crippen molar-refractivity contribution >= 4 is 11.6 Å². The fourth-order valence-corrected chi connectivity index (χ4v) is 1.60. The molecule has 2 aromatic rings. The molecule has 0 bridgehead atoms. The molecule has 0 spiro atoms. The summed E-state index contributed by atoms with van der Waals surface area (Å²) >= 11 is 0. The minimum absolute atomic E-state index is 0.0785. The summed E-state index contributed by atoms with van der Waals surface area (Å²) in [5, 5.41) is 12.2. The van der Waals surface area contributed by atoms with Gasteiger partial charge in [-0.15, -0.1) is 0 Å². The lowest BCUT2D eigenvalue weighted by Crippen LogP contribution is -2.12. The predicted octanol–water partition coefficient (Wildman–Crippen LogP) is 2.36. The first-order valence-corrected chi connectivity index (χ1v) is 5.72. The molecule has 0 fully saturated rings. The molecule has 0 aliphatic carbocycles. The number of benzene rings is 1. The number of carbonyl (C=O) groups excluding carboxylic acids is 1. The summed E-state index contributed by atoms with van der Waals surface area (Å²) in [7, 11) is 0. The number of phenolic OH excluding ortho intramolecular Hbond substituents is 1. The van der Waals surface area contributed by atoms with E-state index in [0.29, 0.717) is 18.5 Å². The summed E-state index contributed by atoms with van der Waals surface area (Å²) in [6, 6.07) is 10.4. The topological polar surface area (TPSA) is 62.2 Å². The van der Waals surface area contributed by atoms with Gasteiger partial charge in [-0.05, 0) is 36.2 Å².